The summed E-state index contributed by atoms with van der Waals surface area (Å²) in [5.74, 6) is -0.146. The van der Waals surface area contributed by atoms with Crippen LogP contribution in [0.3, 0.4) is 0 Å². The van der Waals surface area contributed by atoms with Gasteiger partial charge in [0.2, 0.25) is 0 Å². The van der Waals surface area contributed by atoms with Gasteiger partial charge in [0.15, 0.2) is 17.2 Å². The van der Waals surface area contributed by atoms with Crippen LogP contribution in [-0.2, 0) is 11.3 Å². The number of rotatable bonds is 7. The van der Waals surface area contributed by atoms with Gasteiger partial charge >= 0.3 is 0 Å². The molecule has 162 valence electrons. The number of piperidine rings is 1. The molecule has 2 amide bonds. The molecule has 0 aromatic carbocycles. The van der Waals surface area contributed by atoms with Gasteiger partial charge in [0, 0.05) is 33.3 Å². The summed E-state index contributed by atoms with van der Waals surface area (Å²) in [5.41, 5.74) is 7.81. The number of carbonyl (C=O) groups is 2. The van der Waals surface area contributed by atoms with Gasteiger partial charge in [0.05, 0.1) is 24.2 Å². The van der Waals surface area contributed by atoms with E-state index in [0.717, 1.165) is 12.8 Å². The summed E-state index contributed by atoms with van der Waals surface area (Å²) >= 11 is 0. The molecule has 2 aromatic heterocycles. The van der Waals surface area contributed by atoms with Gasteiger partial charge in [0.1, 0.15) is 0 Å². The van der Waals surface area contributed by atoms with E-state index in [9.17, 15) is 9.59 Å². The summed E-state index contributed by atoms with van der Waals surface area (Å²) in [7, 11) is 1.57. The number of ether oxygens (including phenoxy) is 1. The van der Waals surface area contributed by atoms with Crippen molar-refractivity contribution in [1.29, 1.82) is 0 Å². The number of methoxy groups -OCH3 is 1. The molecule has 1 fully saturated rings. The van der Waals surface area contributed by atoms with E-state index in [1.54, 1.807) is 22.9 Å². The first-order valence-corrected chi connectivity index (χ1v) is 9.96. The van der Waals surface area contributed by atoms with E-state index in [2.05, 4.69) is 25.6 Å². The first-order chi connectivity index (χ1) is 14.4. The molecule has 11 heteroatoms. The molecule has 0 spiro atoms. The van der Waals surface area contributed by atoms with Crippen LogP contribution in [0.4, 0.5) is 5.82 Å². The monoisotopic (exact) mass is 416 g/mol. The summed E-state index contributed by atoms with van der Waals surface area (Å²) in [6.07, 6.45) is 3.44. The number of amides is 2. The van der Waals surface area contributed by atoms with Crippen LogP contribution in [-0.4, -0.2) is 75.0 Å². The number of likely N-dealkylation sites (tertiary alicyclic amines) is 1. The largest absolute Gasteiger partial charge is 0.383 e. The standard InChI is InChI=1S/C19H28N8O3/c1-12-13(2)23-17(20)16(22-12)19(29)26-7-4-5-14(9-26)10-27-11-15(24-25-27)18(28)21-6-8-30-3/h11,14H,4-10H2,1-3H3,(H2,20,23)(H,21,28)/t14-/m1/s1. The van der Waals surface area contributed by atoms with Crippen molar-refractivity contribution in [1.82, 2.24) is 35.2 Å². The minimum atomic E-state index is -0.289. The van der Waals surface area contributed by atoms with E-state index >= 15 is 0 Å². The molecule has 3 N–H and O–H groups in total. The highest BCUT2D eigenvalue weighted by molar-refractivity contribution is 5.96. The normalized spacial score (nSPS) is 16.5. The van der Waals surface area contributed by atoms with Crippen LogP contribution in [0.25, 0.3) is 0 Å². The molecule has 11 nitrogen and oxygen atoms in total. The predicted molar refractivity (Wildman–Crippen MR) is 109 cm³/mol. The van der Waals surface area contributed by atoms with Gasteiger partial charge in [-0.2, -0.15) is 0 Å². The number of nitrogen functional groups attached to an aromatic ring is 1. The molecule has 0 bridgehead atoms. The average molecular weight is 416 g/mol. The lowest BCUT2D eigenvalue weighted by Gasteiger charge is -2.32. The molecule has 1 aliphatic heterocycles. The number of nitrogens with two attached hydrogens (primary N) is 1. The molecule has 0 radical (unpaired) electrons. The number of carbonyl (C=O) groups excluding carboxylic acids is 2. The number of hydrogen-bond acceptors (Lipinski definition) is 8. The predicted octanol–water partition coefficient (Wildman–Crippen LogP) is 0.196. The van der Waals surface area contributed by atoms with Gasteiger partial charge < -0.3 is 20.7 Å². The highest BCUT2D eigenvalue weighted by Crippen LogP contribution is 2.21. The Bertz CT molecular complexity index is 913. The molecule has 1 atom stereocenters. The summed E-state index contributed by atoms with van der Waals surface area (Å²) in [4.78, 5) is 35.3. The first kappa shape index (κ1) is 21.6. The van der Waals surface area contributed by atoms with Gasteiger partial charge in [0.25, 0.3) is 11.8 Å². The molecular formula is C19H28N8O3. The third-order valence-electron chi connectivity index (χ3n) is 5.15. The third-order valence-corrected chi connectivity index (χ3v) is 5.15. The smallest absolute Gasteiger partial charge is 0.276 e. The van der Waals surface area contributed by atoms with E-state index in [0.29, 0.717) is 44.2 Å². The summed E-state index contributed by atoms with van der Waals surface area (Å²) in [6.45, 7) is 6.24. The molecule has 3 heterocycles. The van der Waals surface area contributed by atoms with Gasteiger partial charge in [-0.25, -0.2) is 9.97 Å². The molecule has 1 aliphatic rings. The Morgan fingerprint density at radius 2 is 2.07 bits per heavy atom. The molecule has 2 aromatic rings. The lowest BCUT2D eigenvalue weighted by Crippen LogP contribution is -2.42. The zero-order chi connectivity index (χ0) is 21.7. The van der Waals surface area contributed by atoms with Crippen LogP contribution >= 0.6 is 0 Å². The maximum Gasteiger partial charge on any atom is 0.276 e. The number of nitrogens with zero attached hydrogens (tertiary/aromatic N) is 6. The second kappa shape index (κ2) is 9.61. The fraction of sp³-hybridized carbons (Fsp3) is 0.579. The van der Waals surface area contributed by atoms with Gasteiger partial charge in [-0.3, -0.25) is 14.3 Å². The second-order valence-corrected chi connectivity index (χ2v) is 7.46. The van der Waals surface area contributed by atoms with Crippen LogP contribution in [0.15, 0.2) is 6.20 Å². The van der Waals surface area contributed by atoms with Crippen molar-refractivity contribution >= 4 is 17.6 Å². The van der Waals surface area contributed by atoms with Crippen LogP contribution in [0.5, 0.6) is 0 Å². The molecule has 0 aliphatic carbocycles. The maximum absolute atomic E-state index is 12.9. The van der Waals surface area contributed by atoms with Gasteiger partial charge in [-0.15, -0.1) is 5.10 Å². The lowest BCUT2D eigenvalue weighted by molar-refractivity contribution is 0.0654. The number of hydrogen-bond donors (Lipinski definition) is 2. The summed E-state index contributed by atoms with van der Waals surface area (Å²) in [5, 5.41) is 10.7. The van der Waals surface area contributed by atoms with Crippen LogP contribution < -0.4 is 11.1 Å². The van der Waals surface area contributed by atoms with Crippen LogP contribution in [0.1, 0.15) is 45.2 Å². The summed E-state index contributed by atoms with van der Waals surface area (Å²) < 4.78 is 6.56. The minimum Gasteiger partial charge on any atom is -0.383 e. The molecule has 30 heavy (non-hydrogen) atoms. The van der Waals surface area contributed by atoms with Gasteiger partial charge in [-0.05, 0) is 32.6 Å². The molecule has 3 rings (SSSR count). The number of anilines is 1. The van der Waals surface area contributed by atoms with Crippen molar-refractivity contribution in [2.24, 2.45) is 5.92 Å². The SMILES string of the molecule is COCCNC(=O)c1cn(C[C@@H]2CCCN(C(=O)c3nc(C)c(C)nc3N)C2)nn1. The highest BCUT2D eigenvalue weighted by Gasteiger charge is 2.28. The Balaban J connectivity index is 1.61. The molecular weight excluding hydrogens is 388 g/mol. The van der Waals surface area contributed by atoms with Crippen molar-refractivity contribution in [3.63, 3.8) is 0 Å². The quantitative estimate of drug-likeness (QED) is 0.610. The van der Waals surface area contributed by atoms with Gasteiger partial charge in [-0.1, -0.05) is 5.21 Å². The molecule has 0 unspecified atom stereocenters. The Hall–Kier alpha value is -3.08. The van der Waals surface area contributed by atoms with E-state index in [1.165, 1.54) is 0 Å². The average Bonchev–Trinajstić information content (AvgIpc) is 3.19. The maximum atomic E-state index is 12.9. The highest BCUT2D eigenvalue weighted by atomic mass is 16.5. The van der Waals surface area contributed by atoms with Crippen molar-refractivity contribution in [2.75, 3.05) is 39.1 Å². The fourth-order valence-corrected chi connectivity index (χ4v) is 3.44. The zero-order valence-electron chi connectivity index (χ0n) is 17.6. The van der Waals surface area contributed by atoms with Crippen LogP contribution in [0, 0.1) is 19.8 Å². The first-order valence-electron chi connectivity index (χ1n) is 9.96. The number of nitrogens with one attached hydrogen (secondary N) is 1. The number of aryl methyl sites for hydroxylation is 2. The Labute approximate surface area is 175 Å². The number of aromatic nitrogens is 5. The minimum absolute atomic E-state index is 0.158. The van der Waals surface area contributed by atoms with E-state index in [-0.39, 0.29) is 34.9 Å². The van der Waals surface area contributed by atoms with E-state index in [1.807, 2.05) is 13.8 Å². The second-order valence-electron chi connectivity index (χ2n) is 7.46. The Morgan fingerprint density at radius 1 is 1.30 bits per heavy atom. The fourth-order valence-electron chi connectivity index (χ4n) is 3.44. The van der Waals surface area contributed by atoms with Crippen LogP contribution in [0.2, 0.25) is 0 Å². The topological polar surface area (TPSA) is 141 Å². The van der Waals surface area contributed by atoms with Crippen molar-refractivity contribution in [3.8, 4) is 0 Å². The Morgan fingerprint density at radius 3 is 2.83 bits per heavy atom. The van der Waals surface area contributed by atoms with Crippen molar-refractivity contribution in [3.05, 3.63) is 29.0 Å². The lowest BCUT2D eigenvalue weighted by atomic mass is 9.97. The zero-order valence-corrected chi connectivity index (χ0v) is 17.6. The van der Waals surface area contributed by atoms with Crippen molar-refractivity contribution in [2.45, 2.75) is 33.2 Å². The Kier molecular flexibility index (Phi) is 6.93. The molecule has 1 saturated heterocycles. The molecule has 0 saturated carbocycles. The van der Waals surface area contributed by atoms with Crippen molar-refractivity contribution < 1.29 is 14.3 Å². The third kappa shape index (κ3) is 5.09. The summed E-state index contributed by atoms with van der Waals surface area (Å²) in [6, 6.07) is 0. The van der Waals surface area contributed by atoms with E-state index < -0.39 is 0 Å². The van der Waals surface area contributed by atoms with E-state index in [4.69, 9.17) is 10.5 Å².